The summed E-state index contributed by atoms with van der Waals surface area (Å²) < 4.78 is 0.775. The van der Waals surface area contributed by atoms with Gasteiger partial charge in [0.1, 0.15) is 0 Å². The van der Waals surface area contributed by atoms with Crippen LogP contribution in [0.2, 0.25) is 5.02 Å². The van der Waals surface area contributed by atoms with Gasteiger partial charge in [0.15, 0.2) is 5.13 Å². The van der Waals surface area contributed by atoms with E-state index in [1.807, 2.05) is 19.1 Å². The van der Waals surface area contributed by atoms with E-state index in [1.165, 1.54) is 11.3 Å². The fraction of sp³-hybridized carbons (Fsp3) is 0.318. The number of hydrogen-bond donors (Lipinski definition) is 4. The Balaban J connectivity index is 1.48. The predicted octanol–water partition coefficient (Wildman–Crippen LogP) is 4.94. The number of carbonyl (C=O) groups is 2. The number of carbonyl (C=O) groups excluding carboxylic acids is 2. The third-order valence-corrected chi connectivity index (χ3v) is 6.82. The maximum atomic E-state index is 12.7. The molecular formula is C22H23ClN4O3S. The topological polar surface area (TPSA) is 103 Å². The van der Waals surface area contributed by atoms with E-state index in [-0.39, 0.29) is 18.5 Å². The number of nitrogens with one attached hydrogen (secondary N) is 3. The van der Waals surface area contributed by atoms with Gasteiger partial charge in [0.05, 0.1) is 33.1 Å². The average molecular weight is 459 g/mol. The number of aliphatic hydroxyl groups excluding tert-OH is 1. The van der Waals surface area contributed by atoms with Crippen molar-refractivity contribution >= 4 is 55.9 Å². The molecule has 4 rings (SSSR count). The van der Waals surface area contributed by atoms with Crippen molar-refractivity contribution < 1.29 is 14.7 Å². The Bertz CT molecular complexity index is 1120. The summed E-state index contributed by atoms with van der Waals surface area (Å²) in [5, 5.41) is 19.1. The summed E-state index contributed by atoms with van der Waals surface area (Å²) in [6.45, 7) is 1.80. The number of nitrogens with zero attached hydrogens (tertiary/aromatic N) is 1. The van der Waals surface area contributed by atoms with Crippen LogP contribution < -0.4 is 16.0 Å². The van der Waals surface area contributed by atoms with Crippen molar-refractivity contribution in [3.63, 3.8) is 0 Å². The van der Waals surface area contributed by atoms with Gasteiger partial charge >= 0.3 is 6.03 Å². The molecule has 0 radical (unpaired) electrons. The SMILES string of the molecule is Cc1cccc(Cl)c1NC(=O)c1ccc2nc(NC(=O)NC3(CO)CCCC3)sc2c1. The standard InChI is InChI=1S/C22H23ClN4O3S/c1-13-5-4-6-15(23)18(13)25-19(29)14-7-8-16-17(11-14)31-21(24-16)26-20(30)27-22(12-28)9-2-3-10-22/h4-8,11,28H,2-3,9-10,12H2,1H3,(H,25,29)(H2,24,26,27,30). The number of amides is 3. The highest BCUT2D eigenvalue weighted by atomic mass is 35.5. The molecular weight excluding hydrogens is 436 g/mol. The van der Waals surface area contributed by atoms with Crippen LogP contribution in [0.25, 0.3) is 10.2 Å². The summed E-state index contributed by atoms with van der Waals surface area (Å²) in [4.78, 5) is 29.5. The quantitative estimate of drug-likeness (QED) is 0.435. The molecule has 0 bridgehead atoms. The van der Waals surface area contributed by atoms with Gasteiger partial charge in [0, 0.05) is 5.56 Å². The molecule has 1 saturated carbocycles. The Morgan fingerprint density at radius 2 is 1.97 bits per heavy atom. The van der Waals surface area contributed by atoms with E-state index in [2.05, 4.69) is 20.9 Å². The van der Waals surface area contributed by atoms with Crippen LogP contribution in [0, 0.1) is 6.92 Å². The highest BCUT2D eigenvalue weighted by Gasteiger charge is 2.34. The van der Waals surface area contributed by atoms with Crippen LogP contribution >= 0.6 is 22.9 Å². The van der Waals surface area contributed by atoms with Gasteiger partial charge in [-0.2, -0.15) is 0 Å². The second kappa shape index (κ2) is 8.82. The fourth-order valence-electron chi connectivity index (χ4n) is 3.84. The van der Waals surface area contributed by atoms with Crippen LogP contribution in [0.15, 0.2) is 36.4 Å². The van der Waals surface area contributed by atoms with Crippen LogP contribution in [-0.4, -0.2) is 34.2 Å². The summed E-state index contributed by atoms with van der Waals surface area (Å²) in [5.41, 5.74) is 2.06. The first-order valence-electron chi connectivity index (χ1n) is 10.1. The smallest absolute Gasteiger partial charge is 0.321 e. The first-order chi connectivity index (χ1) is 14.9. The van der Waals surface area contributed by atoms with Crippen LogP contribution in [0.3, 0.4) is 0 Å². The third kappa shape index (κ3) is 4.66. The maximum absolute atomic E-state index is 12.7. The predicted molar refractivity (Wildman–Crippen MR) is 124 cm³/mol. The molecule has 7 nitrogen and oxygen atoms in total. The number of urea groups is 1. The van der Waals surface area contributed by atoms with E-state index in [4.69, 9.17) is 11.6 Å². The molecule has 1 heterocycles. The van der Waals surface area contributed by atoms with Crippen molar-refractivity contribution in [1.29, 1.82) is 0 Å². The van der Waals surface area contributed by atoms with Crippen LogP contribution in [0.5, 0.6) is 0 Å². The molecule has 0 aliphatic heterocycles. The number of rotatable bonds is 5. The Hall–Kier alpha value is -2.68. The summed E-state index contributed by atoms with van der Waals surface area (Å²) >= 11 is 7.49. The molecule has 1 aliphatic rings. The van der Waals surface area contributed by atoms with Crippen molar-refractivity contribution in [3.8, 4) is 0 Å². The average Bonchev–Trinajstić information content (AvgIpc) is 3.36. The second-order valence-corrected chi connectivity index (χ2v) is 9.25. The third-order valence-electron chi connectivity index (χ3n) is 5.57. The van der Waals surface area contributed by atoms with Gasteiger partial charge in [0.2, 0.25) is 0 Å². The molecule has 0 atom stereocenters. The van der Waals surface area contributed by atoms with Crippen molar-refractivity contribution in [2.24, 2.45) is 0 Å². The van der Waals surface area contributed by atoms with E-state index < -0.39 is 5.54 Å². The molecule has 162 valence electrons. The molecule has 1 aromatic heterocycles. The van der Waals surface area contributed by atoms with Crippen molar-refractivity contribution in [2.75, 3.05) is 17.2 Å². The van der Waals surface area contributed by atoms with E-state index >= 15 is 0 Å². The van der Waals surface area contributed by atoms with Gasteiger partial charge in [-0.1, -0.05) is 47.9 Å². The molecule has 1 fully saturated rings. The number of thiazole rings is 1. The Labute approximate surface area is 188 Å². The van der Waals surface area contributed by atoms with Gasteiger partial charge < -0.3 is 15.7 Å². The van der Waals surface area contributed by atoms with Crippen LogP contribution in [0.1, 0.15) is 41.6 Å². The number of halogens is 1. The summed E-state index contributed by atoms with van der Waals surface area (Å²) in [5.74, 6) is -0.273. The molecule has 3 amide bonds. The van der Waals surface area contributed by atoms with E-state index in [9.17, 15) is 14.7 Å². The number of aliphatic hydroxyl groups is 1. The maximum Gasteiger partial charge on any atom is 0.321 e. The number of anilines is 2. The van der Waals surface area contributed by atoms with Crippen molar-refractivity contribution in [3.05, 3.63) is 52.5 Å². The minimum absolute atomic E-state index is 0.0797. The molecule has 1 aliphatic carbocycles. The first kappa shape index (κ1) is 21.5. The lowest BCUT2D eigenvalue weighted by molar-refractivity contribution is 0.102. The lowest BCUT2D eigenvalue weighted by atomic mass is 9.99. The molecule has 4 N–H and O–H groups in total. The highest BCUT2D eigenvalue weighted by Crippen LogP contribution is 2.31. The minimum Gasteiger partial charge on any atom is -0.394 e. The molecule has 9 heteroatoms. The zero-order valence-corrected chi connectivity index (χ0v) is 18.6. The molecule has 2 aromatic carbocycles. The summed E-state index contributed by atoms with van der Waals surface area (Å²) in [6.07, 6.45) is 3.50. The van der Waals surface area contributed by atoms with Crippen molar-refractivity contribution in [2.45, 2.75) is 38.1 Å². The first-order valence-corrected chi connectivity index (χ1v) is 11.3. The molecule has 31 heavy (non-hydrogen) atoms. The fourth-order valence-corrected chi connectivity index (χ4v) is 5.01. The second-order valence-electron chi connectivity index (χ2n) is 7.81. The number of aryl methyl sites for hydroxylation is 1. The van der Waals surface area contributed by atoms with Gasteiger partial charge in [-0.15, -0.1) is 0 Å². The zero-order chi connectivity index (χ0) is 22.0. The Morgan fingerprint density at radius 3 is 2.68 bits per heavy atom. The van der Waals surface area contributed by atoms with E-state index in [0.29, 0.717) is 26.9 Å². The number of benzene rings is 2. The van der Waals surface area contributed by atoms with Crippen LogP contribution in [0.4, 0.5) is 15.6 Å². The van der Waals surface area contributed by atoms with E-state index in [1.54, 1.807) is 24.3 Å². The molecule has 0 spiro atoms. The van der Waals surface area contributed by atoms with Gasteiger partial charge in [-0.05, 0) is 49.6 Å². The normalized spacial score (nSPS) is 15.1. The molecule has 3 aromatic rings. The zero-order valence-electron chi connectivity index (χ0n) is 17.0. The molecule has 0 unspecified atom stereocenters. The highest BCUT2D eigenvalue weighted by molar-refractivity contribution is 7.22. The van der Waals surface area contributed by atoms with Gasteiger partial charge in [0.25, 0.3) is 5.91 Å². The number of para-hydroxylation sites is 1. The van der Waals surface area contributed by atoms with Crippen LogP contribution in [-0.2, 0) is 0 Å². The van der Waals surface area contributed by atoms with E-state index in [0.717, 1.165) is 35.9 Å². The lowest BCUT2D eigenvalue weighted by Gasteiger charge is -2.27. The lowest BCUT2D eigenvalue weighted by Crippen LogP contribution is -2.50. The van der Waals surface area contributed by atoms with Gasteiger partial charge in [-0.25, -0.2) is 9.78 Å². The van der Waals surface area contributed by atoms with Crippen molar-refractivity contribution in [1.82, 2.24) is 10.3 Å². The Kier molecular flexibility index (Phi) is 6.13. The minimum atomic E-state index is -0.553. The number of aromatic nitrogens is 1. The summed E-state index contributed by atoms with van der Waals surface area (Å²) in [7, 11) is 0. The monoisotopic (exact) mass is 458 g/mol. The molecule has 0 saturated heterocycles. The largest absolute Gasteiger partial charge is 0.394 e. The van der Waals surface area contributed by atoms with Gasteiger partial charge in [-0.3, -0.25) is 10.1 Å². The Morgan fingerprint density at radius 1 is 1.19 bits per heavy atom. The number of hydrogen-bond acceptors (Lipinski definition) is 5. The summed E-state index contributed by atoms with van der Waals surface area (Å²) in [6, 6.07) is 10.2. The number of fused-ring (bicyclic) bond motifs is 1.